The van der Waals surface area contributed by atoms with Crippen LogP contribution in [0.3, 0.4) is 0 Å². The number of hydrogen-bond acceptors (Lipinski definition) is 2. The third-order valence-corrected chi connectivity index (χ3v) is 2.86. The van der Waals surface area contributed by atoms with Crippen LogP contribution in [0.5, 0.6) is 0 Å². The van der Waals surface area contributed by atoms with Gasteiger partial charge in [-0.25, -0.2) is 0 Å². The van der Waals surface area contributed by atoms with Crippen LogP contribution in [0.4, 0.5) is 0 Å². The third-order valence-electron chi connectivity index (χ3n) is 2.86. The molecule has 2 unspecified atom stereocenters. The quantitative estimate of drug-likeness (QED) is 0.550. The Morgan fingerprint density at radius 3 is 3.00 bits per heavy atom. The van der Waals surface area contributed by atoms with Gasteiger partial charge in [-0.05, 0) is 25.8 Å². The Hall–Kier alpha value is -0.570. The molecule has 0 spiro atoms. The fraction of sp³-hybridized carbons (Fsp3) is 0.889. The maximum Gasteiger partial charge on any atom is 0.220 e. The van der Waals surface area contributed by atoms with E-state index < -0.39 is 0 Å². The van der Waals surface area contributed by atoms with Crippen LogP contribution in [0.25, 0.3) is 0 Å². The zero-order valence-electron chi connectivity index (χ0n) is 7.31. The molecule has 0 aromatic rings. The van der Waals surface area contributed by atoms with Gasteiger partial charge in [0, 0.05) is 18.5 Å². The fourth-order valence-corrected chi connectivity index (χ4v) is 2.17. The average molecular weight is 168 g/mol. The smallest absolute Gasteiger partial charge is 0.220 e. The van der Waals surface area contributed by atoms with Crippen molar-refractivity contribution < 1.29 is 4.79 Å². The van der Waals surface area contributed by atoms with Gasteiger partial charge in [-0.15, -0.1) is 0 Å². The van der Waals surface area contributed by atoms with Crippen molar-refractivity contribution in [2.45, 2.75) is 44.2 Å². The molecule has 0 aromatic carbocycles. The lowest BCUT2D eigenvalue weighted by molar-refractivity contribution is -0.122. The first kappa shape index (κ1) is 8.05. The summed E-state index contributed by atoms with van der Waals surface area (Å²) in [6, 6.07) is 0.965. The molecule has 2 saturated heterocycles. The van der Waals surface area contributed by atoms with Crippen LogP contribution < -0.4 is 10.6 Å². The van der Waals surface area contributed by atoms with E-state index in [0.717, 1.165) is 25.8 Å². The van der Waals surface area contributed by atoms with Gasteiger partial charge in [0.1, 0.15) is 0 Å². The topological polar surface area (TPSA) is 41.1 Å². The third kappa shape index (κ3) is 1.61. The SMILES string of the molecule is O=C1CCCCC2NCCC2N1. The molecule has 3 nitrogen and oxygen atoms in total. The van der Waals surface area contributed by atoms with Gasteiger partial charge in [0.2, 0.25) is 5.91 Å². The lowest BCUT2D eigenvalue weighted by atomic mass is 9.99. The normalized spacial score (nSPS) is 36.5. The summed E-state index contributed by atoms with van der Waals surface area (Å²) in [5.74, 6) is 0.244. The lowest BCUT2D eigenvalue weighted by Gasteiger charge is -2.23. The van der Waals surface area contributed by atoms with Crippen molar-refractivity contribution in [3.63, 3.8) is 0 Å². The molecule has 2 fully saturated rings. The van der Waals surface area contributed by atoms with Gasteiger partial charge in [-0.3, -0.25) is 4.79 Å². The van der Waals surface area contributed by atoms with Crippen LogP contribution in [0.2, 0.25) is 0 Å². The van der Waals surface area contributed by atoms with Crippen LogP contribution in [0, 0.1) is 0 Å². The first-order valence-corrected chi connectivity index (χ1v) is 4.89. The van der Waals surface area contributed by atoms with Gasteiger partial charge in [-0.2, -0.15) is 0 Å². The molecule has 0 saturated carbocycles. The van der Waals surface area contributed by atoms with Crippen LogP contribution in [-0.4, -0.2) is 24.5 Å². The van der Waals surface area contributed by atoms with Crippen LogP contribution in [0.1, 0.15) is 32.1 Å². The van der Waals surface area contributed by atoms with E-state index >= 15 is 0 Å². The molecule has 2 aliphatic rings. The van der Waals surface area contributed by atoms with Gasteiger partial charge in [0.15, 0.2) is 0 Å². The molecular weight excluding hydrogens is 152 g/mol. The minimum absolute atomic E-state index is 0.244. The van der Waals surface area contributed by atoms with E-state index in [2.05, 4.69) is 10.6 Å². The molecule has 2 rings (SSSR count). The predicted octanol–water partition coefficient (Wildman–Crippen LogP) is 0.407. The van der Waals surface area contributed by atoms with E-state index in [9.17, 15) is 4.79 Å². The van der Waals surface area contributed by atoms with Crippen molar-refractivity contribution in [3.8, 4) is 0 Å². The van der Waals surface area contributed by atoms with Crippen molar-refractivity contribution in [3.05, 3.63) is 0 Å². The standard InChI is InChI=1S/C9H16N2O/c12-9-4-2-1-3-7-8(11-9)5-6-10-7/h7-8,10H,1-6H2,(H,11,12). The highest BCUT2D eigenvalue weighted by Gasteiger charge is 2.28. The lowest BCUT2D eigenvalue weighted by Crippen LogP contribution is -2.44. The maximum atomic E-state index is 11.2. The van der Waals surface area contributed by atoms with Gasteiger partial charge < -0.3 is 10.6 Å². The number of hydrogen-bond donors (Lipinski definition) is 2. The summed E-state index contributed by atoms with van der Waals surface area (Å²) in [6.07, 6.45) is 5.31. The molecule has 0 aromatic heterocycles. The van der Waals surface area contributed by atoms with Gasteiger partial charge in [0.25, 0.3) is 0 Å². The van der Waals surface area contributed by atoms with E-state index in [1.807, 2.05) is 0 Å². The van der Waals surface area contributed by atoms with E-state index in [1.165, 1.54) is 12.8 Å². The summed E-state index contributed by atoms with van der Waals surface area (Å²) < 4.78 is 0. The van der Waals surface area contributed by atoms with E-state index in [1.54, 1.807) is 0 Å². The van der Waals surface area contributed by atoms with Crippen molar-refractivity contribution in [2.75, 3.05) is 6.54 Å². The summed E-state index contributed by atoms with van der Waals surface area (Å²) >= 11 is 0. The van der Waals surface area contributed by atoms with Crippen LogP contribution in [0.15, 0.2) is 0 Å². The molecule has 0 bridgehead atoms. The second kappa shape index (κ2) is 3.44. The minimum Gasteiger partial charge on any atom is -0.352 e. The maximum absolute atomic E-state index is 11.2. The predicted molar refractivity (Wildman–Crippen MR) is 46.8 cm³/mol. The summed E-state index contributed by atoms with van der Waals surface area (Å²) in [4.78, 5) is 11.2. The Kier molecular flexibility index (Phi) is 2.30. The molecule has 2 atom stereocenters. The summed E-state index contributed by atoms with van der Waals surface area (Å²) in [5.41, 5.74) is 0. The molecule has 2 heterocycles. The Morgan fingerprint density at radius 1 is 1.17 bits per heavy atom. The highest BCUT2D eigenvalue weighted by molar-refractivity contribution is 5.76. The molecule has 2 aliphatic heterocycles. The minimum atomic E-state index is 0.244. The fourth-order valence-electron chi connectivity index (χ4n) is 2.17. The number of rotatable bonds is 0. The molecule has 12 heavy (non-hydrogen) atoms. The monoisotopic (exact) mass is 168 g/mol. The van der Waals surface area contributed by atoms with Crippen molar-refractivity contribution in [1.29, 1.82) is 0 Å². The summed E-state index contributed by atoms with van der Waals surface area (Å²) in [7, 11) is 0. The molecule has 1 amide bonds. The number of fused-ring (bicyclic) bond motifs is 1. The molecule has 3 heteroatoms. The second-order valence-corrected chi connectivity index (χ2v) is 3.77. The van der Waals surface area contributed by atoms with Crippen LogP contribution >= 0.6 is 0 Å². The van der Waals surface area contributed by atoms with Crippen molar-refractivity contribution in [2.24, 2.45) is 0 Å². The molecule has 0 radical (unpaired) electrons. The van der Waals surface area contributed by atoms with Gasteiger partial charge in [0.05, 0.1) is 0 Å². The van der Waals surface area contributed by atoms with Crippen molar-refractivity contribution in [1.82, 2.24) is 10.6 Å². The number of nitrogens with one attached hydrogen (secondary N) is 2. The Labute approximate surface area is 72.9 Å². The van der Waals surface area contributed by atoms with Crippen molar-refractivity contribution >= 4 is 5.91 Å². The molecule has 0 aliphatic carbocycles. The van der Waals surface area contributed by atoms with E-state index in [4.69, 9.17) is 0 Å². The van der Waals surface area contributed by atoms with Crippen LogP contribution in [-0.2, 0) is 4.79 Å². The Balaban J connectivity index is 1.98. The van der Waals surface area contributed by atoms with E-state index in [0.29, 0.717) is 12.1 Å². The summed E-state index contributed by atoms with van der Waals surface area (Å²) in [5, 5.41) is 6.51. The number of carbonyl (C=O) groups excluding carboxylic acids is 1. The molecule has 68 valence electrons. The first-order chi connectivity index (χ1) is 5.86. The molecule has 2 N–H and O–H groups in total. The largest absolute Gasteiger partial charge is 0.352 e. The second-order valence-electron chi connectivity index (χ2n) is 3.77. The van der Waals surface area contributed by atoms with Gasteiger partial charge in [-0.1, -0.05) is 6.42 Å². The Bertz CT molecular complexity index is 181. The average Bonchev–Trinajstić information content (AvgIpc) is 2.42. The highest BCUT2D eigenvalue weighted by Crippen LogP contribution is 2.16. The number of carbonyl (C=O) groups is 1. The Morgan fingerprint density at radius 2 is 2.08 bits per heavy atom. The zero-order valence-corrected chi connectivity index (χ0v) is 7.31. The highest BCUT2D eigenvalue weighted by atomic mass is 16.1. The molecular formula is C9H16N2O. The number of amides is 1. The van der Waals surface area contributed by atoms with Gasteiger partial charge >= 0.3 is 0 Å². The van der Waals surface area contributed by atoms with E-state index in [-0.39, 0.29) is 5.91 Å². The summed E-state index contributed by atoms with van der Waals surface area (Å²) in [6.45, 7) is 1.07. The first-order valence-electron chi connectivity index (χ1n) is 4.89. The zero-order chi connectivity index (χ0) is 8.39.